The zero-order valence-electron chi connectivity index (χ0n) is 7.88. The molecule has 13 heavy (non-hydrogen) atoms. The van der Waals surface area contributed by atoms with Crippen LogP contribution in [0.2, 0.25) is 0 Å². The Balaban J connectivity index is 2.64. The Kier molecular flexibility index (Phi) is 3.67. The Morgan fingerprint density at radius 2 is 1.92 bits per heavy atom. The molecule has 0 unspecified atom stereocenters. The molecule has 1 atom stereocenters. The molecular formula is C11H13BrO. The summed E-state index contributed by atoms with van der Waals surface area (Å²) in [4.78, 5) is 11.0. The number of Topliss-reactive ketones (excluding diaryl/α,β-unsaturated/α-hetero) is 1. The van der Waals surface area contributed by atoms with Crippen LogP contribution in [-0.4, -0.2) is 5.78 Å². The van der Waals surface area contributed by atoms with Gasteiger partial charge in [0.05, 0.1) is 0 Å². The zero-order chi connectivity index (χ0) is 9.84. The largest absolute Gasteiger partial charge is 0.300 e. The molecule has 0 aromatic heterocycles. The van der Waals surface area contributed by atoms with Crippen LogP contribution in [0.1, 0.15) is 19.4 Å². The fraction of sp³-hybridized carbons (Fsp3) is 0.364. The van der Waals surface area contributed by atoms with E-state index in [9.17, 15) is 4.79 Å². The topological polar surface area (TPSA) is 17.1 Å². The SMILES string of the molecule is CC(=O)[C@@H](C)Cc1ccc(Br)cc1. The van der Waals surface area contributed by atoms with Gasteiger partial charge in [0.2, 0.25) is 0 Å². The third-order valence-corrected chi connectivity index (χ3v) is 2.68. The maximum atomic E-state index is 11.0. The maximum absolute atomic E-state index is 11.0. The molecule has 1 nitrogen and oxygen atoms in total. The molecule has 0 heterocycles. The standard InChI is InChI=1S/C11H13BrO/c1-8(9(2)13)7-10-3-5-11(12)6-4-10/h3-6,8H,7H2,1-2H3/t8-/m0/s1. The smallest absolute Gasteiger partial charge is 0.132 e. The number of rotatable bonds is 3. The van der Waals surface area contributed by atoms with Crippen molar-refractivity contribution in [3.63, 3.8) is 0 Å². The highest BCUT2D eigenvalue weighted by atomic mass is 79.9. The molecule has 0 spiro atoms. The van der Waals surface area contributed by atoms with E-state index in [1.165, 1.54) is 5.56 Å². The fourth-order valence-electron chi connectivity index (χ4n) is 1.12. The van der Waals surface area contributed by atoms with Crippen molar-refractivity contribution < 1.29 is 4.79 Å². The lowest BCUT2D eigenvalue weighted by molar-refractivity contribution is -0.120. The van der Waals surface area contributed by atoms with Gasteiger partial charge in [-0.25, -0.2) is 0 Å². The van der Waals surface area contributed by atoms with Gasteiger partial charge >= 0.3 is 0 Å². The molecule has 0 bridgehead atoms. The van der Waals surface area contributed by atoms with E-state index in [-0.39, 0.29) is 11.7 Å². The summed E-state index contributed by atoms with van der Waals surface area (Å²) >= 11 is 3.37. The summed E-state index contributed by atoms with van der Waals surface area (Å²) in [5.41, 5.74) is 1.21. The van der Waals surface area contributed by atoms with Crippen molar-refractivity contribution in [3.05, 3.63) is 34.3 Å². The molecule has 2 heteroatoms. The number of carbonyl (C=O) groups excluding carboxylic acids is 1. The molecule has 0 amide bonds. The molecule has 0 aliphatic carbocycles. The lowest BCUT2D eigenvalue weighted by atomic mass is 9.98. The van der Waals surface area contributed by atoms with Crippen LogP contribution in [0, 0.1) is 5.92 Å². The summed E-state index contributed by atoms with van der Waals surface area (Å²) in [6, 6.07) is 8.09. The normalized spacial score (nSPS) is 12.5. The molecule has 70 valence electrons. The van der Waals surface area contributed by atoms with Crippen molar-refractivity contribution in [2.24, 2.45) is 5.92 Å². The molecule has 0 aliphatic rings. The third kappa shape index (κ3) is 3.31. The van der Waals surface area contributed by atoms with E-state index in [1.54, 1.807) is 6.92 Å². The first kappa shape index (κ1) is 10.5. The van der Waals surface area contributed by atoms with E-state index in [2.05, 4.69) is 15.9 Å². The number of hydrogen-bond donors (Lipinski definition) is 0. The lowest BCUT2D eigenvalue weighted by Crippen LogP contribution is -2.09. The first-order chi connectivity index (χ1) is 6.09. The van der Waals surface area contributed by atoms with Crippen molar-refractivity contribution in [2.45, 2.75) is 20.3 Å². The number of halogens is 1. The van der Waals surface area contributed by atoms with Crippen LogP contribution in [0.15, 0.2) is 28.7 Å². The van der Waals surface area contributed by atoms with Crippen LogP contribution in [0.5, 0.6) is 0 Å². The van der Waals surface area contributed by atoms with Gasteiger partial charge in [0.1, 0.15) is 5.78 Å². The van der Waals surface area contributed by atoms with E-state index in [0.29, 0.717) is 0 Å². The predicted octanol–water partition coefficient (Wildman–Crippen LogP) is 3.22. The quantitative estimate of drug-likeness (QED) is 0.794. The average molecular weight is 241 g/mol. The van der Waals surface area contributed by atoms with Gasteiger partial charge in [-0.1, -0.05) is 35.0 Å². The third-order valence-electron chi connectivity index (χ3n) is 2.15. The number of carbonyl (C=O) groups is 1. The highest BCUT2D eigenvalue weighted by Crippen LogP contribution is 2.14. The van der Waals surface area contributed by atoms with Crippen LogP contribution in [-0.2, 0) is 11.2 Å². The minimum absolute atomic E-state index is 0.126. The summed E-state index contributed by atoms with van der Waals surface area (Å²) in [5.74, 6) is 0.379. The first-order valence-electron chi connectivity index (χ1n) is 4.34. The van der Waals surface area contributed by atoms with Gasteiger partial charge in [-0.15, -0.1) is 0 Å². The van der Waals surface area contributed by atoms with Crippen LogP contribution >= 0.6 is 15.9 Å². The summed E-state index contributed by atoms with van der Waals surface area (Å²) in [5, 5.41) is 0. The summed E-state index contributed by atoms with van der Waals surface area (Å²) in [7, 11) is 0. The molecular weight excluding hydrogens is 228 g/mol. The molecule has 0 saturated heterocycles. The summed E-state index contributed by atoms with van der Waals surface area (Å²) in [6.45, 7) is 3.61. The second kappa shape index (κ2) is 4.56. The van der Waals surface area contributed by atoms with Crippen molar-refractivity contribution in [2.75, 3.05) is 0 Å². The zero-order valence-corrected chi connectivity index (χ0v) is 9.47. The fourth-order valence-corrected chi connectivity index (χ4v) is 1.38. The number of benzene rings is 1. The maximum Gasteiger partial charge on any atom is 0.132 e. The van der Waals surface area contributed by atoms with Gasteiger partial charge in [0.15, 0.2) is 0 Å². The molecule has 0 N–H and O–H groups in total. The Hall–Kier alpha value is -0.630. The molecule has 1 rings (SSSR count). The van der Waals surface area contributed by atoms with Crippen molar-refractivity contribution in [1.82, 2.24) is 0 Å². The second-order valence-corrected chi connectivity index (χ2v) is 4.26. The van der Waals surface area contributed by atoms with E-state index in [0.717, 1.165) is 10.9 Å². The van der Waals surface area contributed by atoms with Gasteiger partial charge < -0.3 is 0 Å². The minimum atomic E-state index is 0.126. The Morgan fingerprint density at radius 1 is 1.38 bits per heavy atom. The van der Waals surface area contributed by atoms with E-state index in [4.69, 9.17) is 0 Å². The van der Waals surface area contributed by atoms with Crippen LogP contribution in [0.3, 0.4) is 0 Å². The lowest BCUT2D eigenvalue weighted by Gasteiger charge is -2.06. The van der Waals surface area contributed by atoms with Gasteiger partial charge in [0.25, 0.3) is 0 Å². The van der Waals surface area contributed by atoms with Crippen molar-refractivity contribution in [1.29, 1.82) is 0 Å². The van der Waals surface area contributed by atoms with Crippen LogP contribution < -0.4 is 0 Å². The molecule has 0 fully saturated rings. The van der Waals surface area contributed by atoms with E-state index in [1.807, 2.05) is 31.2 Å². The molecule has 1 aromatic rings. The average Bonchev–Trinajstić information content (AvgIpc) is 2.08. The second-order valence-electron chi connectivity index (χ2n) is 3.34. The van der Waals surface area contributed by atoms with Gasteiger partial charge in [0, 0.05) is 10.4 Å². The van der Waals surface area contributed by atoms with E-state index < -0.39 is 0 Å². The number of hydrogen-bond acceptors (Lipinski definition) is 1. The highest BCUT2D eigenvalue weighted by Gasteiger charge is 2.07. The van der Waals surface area contributed by atoms with Gasteiger partial charge in [-0.3, -0.25) is 4.79 Å². The summed E-state index contributed by atoms with van der Waals surface area (Å²) in [6.07, 6.45) is 0.836. The molecule has 0 radical (unpaired) electrons. The van der Waals surface area contributed by atoms with E-state index >= 15 is 0 Å². The highest BCUT2D eigenvalue weighted by molar-refractivity contribution is 9.10. The Bertz CT molecular complexity index is 289. The van der Waals surface area contributed by atoms with Gasteiger partial charge in [-0.05, 0) is 31.0 Å². The molecule has 0 saturated carbocycles. The van der Waals surface area contributed by atoms with Crippen molar-refractivity contribution >= 4 is 21.7 Å². The molecule has 1 aromatic carbocycles. The van der Waals surface area contributed by atoms with Crippen LogP contribution in [0.25, 0.3) is 0 Å². The summed E-state index contributed by atoms with van der Waals surface area (Å²) < 4.78 is 1.08. The first-order valence-corrected chi connectivity index (χ1v) is 5.14. The van der Waals surface area contributed by atoms with Crippen molar-refractivity contribution in [3.8, 4) is 0 Å². The monoisotopic (exact) mass is 240 g/mol. The Labute approximate surface area is 87.3 Å². The number of ketones is 1. The van der Waals surface area contributed by atoms with Gasteiger partial charge in [-0.2, -0.15) is 0 Å². The van der Waals surface area contributed by atoms with Crippen LogP contribution in [0.4, 0.5) is 0 Å². The Morgan fingerprint density at radius 3 is 2.38 bits per heavy atom. The predicted molar refractivity (Wildman–Crippen MR) is 57.7 cm³/mol. The minimum Gasteiger partial charge on any atom is -0.300 e. The molecule has 0 aliphatic heterocycles.